The molecule has 1 fully saturated rings. The Kier molecular flexibility index (Phi) is 5.45. The molecule has 0 radical (unpaired) electrons. The van der Waals surface area contributed by atoms with Gasteiger partial charge in [-0.05, 0) is 45.8 Å². The average Bonchev–Trinajstić information content (AvgIpc) is 3.07. The molecule has 0 amide bonds. The van der Waals surface area contributed by atoms with E-state index in [0.29, 0.717) is 11.7 Å². The Bertz CT molecular complexity index is 1070. The topological polar surface area (TPSA) is 66.8 Å². The van der Waals surface area contributed by atoms with Crippen molar-refractivity contribution in [3.8, 4) is 11.4 Å². The number of rotatable bonds is 5. The fourth-order valence-corrected chi connectivity index (χ4v) is 4.04. The smallest absolute Gasteiger partial charge is 0.251 e. The van der Waals surface area contributed by atoms with Crippen LogP contribution >= 0.6 is 0 Å². The fraction of sp³-hybridized carbons (Fsp3) is 0.348. The number of benzene rings is 1. The van der Waals surface area contributed by atoms with Crippen molar-refractivity contribution in [2.24, 2.45) is 0 Å². The maximum absolute atomic E-state index is 12.3. The number of hydrogen-bond acceptors (Lipinski definition) is 4. The number of nitrogens with zero attached hydrogens (tertiary/aromatic N) is 4. The first-order valence-corrected chi connectivity index (χ1v) is 10.1. The predicted octanol–water partition coefficient (Wildman–Crippen LogP) is 3.73. The highest BCUT2D eigenvalue weighted by Gasteiger charge is 2.23. The minimum absolute atomic E-state index is 0.0820. The van der Waals surface area contributed by atoms with E-state index in [1.54, 1.807) is 12.3 Å². The Hall–Kier alpha value is -2.99. The molecule has 2 aromatic heterocycles. The van der Waals surface area contributed by atoms with Crippen LogP contribution in [0.1, 0.15) is 41.3 Å². The summed E-state index contributed by atoms with van der Waals surface area (Å²) in [6, 6.07) is 9.74. The molecule has 150 valence electrons. The van der Waals surface area contributed by atoms with Crippen LogP contribution in [0.25, 0.3) is 17.6 Å². The molecule has 1 aromatic carbocycles. The summed E-state index contributed by atoms with van der Waals surface area (Å²) in [7, 11) is 0. The van der Waals surface area contributed by atoms with Gasteiger partial charge >= 0.3 is 0 Å². The standard InChI is InChI=1S/C23H27N5O/c1-4-28-17(3)20(14-24-28)15-27-10-8-18(9-11-27)21-13-22(29)26-23(25-21)19-7-5-6-16(2)12-19/h4-7,12-14,18H,1,8-11,15H2,2-3H3,(H,25,26,29). The van der Waals surface area contributed by atoms with E-state index in [9.17, 15) is 4.79 Å². The number of aryl methyl sites for hydroxylation is 1. The Morgan fingerprint density at radius 3 is 2.72 bits per heavy atom. The molecule has 3 heterocycles. The third-order valence-corrected chi connectivity index (χ3v) is 5.77. The van der Waals surface area contributed by atoms with Crippen LogP contribution in [0.3, 0.4) is 0 Å². The molecule has 1 aliphatic heterocycles. The third kappa shape index (κ3) is 4.22. The van der Waals surface area contributed by atoms with Crippen LogP contribution in [-0.2, 0) is 6.54 Å². The Labute approximate surface area is 170 Å². The van der Waals surface area contributed by atoms with Gasteiger partial charge in [-0.15, -0.1) is 0 Å². The SMILES string of the molecule is C=Cn1ncc(CN2CCC(c3cc(=O)[nH]c(-c4cccc(C)c4)n3)CC2)c1C. The van der Waals surface area contributed by atoms with Crippen molar-refractivity contribution in [1.29, 1.82) is 0 Å². The lowest BCUT2D eigenvalue weighted by Gasteiger charge is -2.31. The number of likely N-dealkylation sites (tertiary alicyclic amines) is 1. The lowest BCUT2D eigenvalue weighted by atomic mass is 9.93. The van der Waals surface area contributed by atoms with Gasteiger partial charge < -0.3 is 4.98 Å². The molecule has 0 bridgehead atoms. The lowest BCUT2D eigenvalue weighted by Crippen LogP contribution is -2.33. The van der Waals surface area contributed by atoms with Gasteiger partial charge in [-0.25, -0.2) is 9.67 Å². The van der Waals surface area contributed by atoms with Gasteiger partial charge in [-0.2, -0.15) is 5.10 Å². The summed E-state index contributed by atoms with van der Waals surface area (Å²) in [5.41, 5.74) is 5.30. The molecule has 4 rings (SSSR count). The molecule has 3 aromatic rings. The maximum atomic E-state index is 12.3. The summed E-state index contributed by atoms with van der Waals surface area (Å²) in [5, 5.41) is 4.34. The number of H-pyrrole nitrogens is 1. The molecule has 0 saturated carbocycles. The summed E-state index contributed by atoms with van der Waals surface area (Å²) in [6.07, 6.45) is 5.65. The van der Waals surface area contributed by atoms with E-state index in [2.05, 4.69) is 34.6 Å². The van der Waals surface area contributed by atoms with E-state index in [-0.39, 0.29) is 5.56 Å². The summed E-state index contributed by atoms with van der Waals surface area (Å²) in [5.74, 6) is 0.972. The van der Waals surface area contributed by atoms with Gasteiger partial charge in [-0.3, -0.25) is 9.69 Å². The van der Waals surface area contributed by atoms with E-state index in [0.717, 1.165) is 55.0 Å². The molecular weight excluding hydrogens is 362 g/mol. The minimum atomic E-state index is -0.0820. The molecular formula is C23H27N5O. The first-order chi connectivity index (χ1) is 14.0. The van der Waals surface area contributed by atoms with Gasteiger partial charge in [0.2, 0.25) is 0 Å². The molecule has 1 saturated heterocycles. The van der Waals surface area contributed by atoms with E-state index in [1.165, 1.54) is 5.56 Å². The van der Waals surface area contributed by atoms with Crippen LogP contribution < -0.4 is 5.56 Å². The van der Waals surface area contributed by atoms with Gasteiger partial charge in [0.05, 0.1) is 11.9 Å². The van der Waals surface area contributed by atoms with E-state index < -0.39 is 0 Å². The van der Waals surface area contributed by atoms with Crippen LogP contribution in [0.5, 0.6) is 0 Å². The number of hydrogen-bond donors (Lipinski definition) is 1. The zero-order valence-electron chi connectivity index (χ0n) is 17.1. The number of piperidine rings is 1. The van der Waals surface area contributed by atoms with Crippen LogP contribution in [0.15, 0.2) is 47.9 Å². The maximum Gasteiger partial charge on any atom is 0.251 e. The van der Waals surface area contributed by atoms with Gasteiger partial charge in [0.15, 0.2) is 0 Å². The minimum Gasteiger partial charge on any atom is -0.307 e. The second kappa shape index (κ2) is 8.17. The van der Waals surface area contributed by atoms with Crippen molar-refractivity contribution >= 4 is 6.20 Å². The second-order valence-electron chi connectivity index (χ2n) is 7.82. The molecule has 6 heteroatoms. The molecule has 0 spiro atoms. The van der Waals surface area contributed by atoms with E-state index >= 15 is 0 Å². The zero-order valence-corrected chi connectivity index (χ0v) is 17.1. The van der Waals surface area contributed by atoms with Gasteiger partial charge in [0.25, 0.3) is 5.56 Å². The number of aromatic amines is 1. The summed E-state index contributed by atoms with van der Waals surface area (Å²) in [6.45, 7) is 10.8. The van der Waals surface area contributed by atoms with Crippen molar-refractivity contribution in [2.75, 3.05) is 13.1 Å². The van der Waals surface area contributed by atoms with E-state index in [1.807, 2.05) is 36.0 Å². The van der Waals surface area contributed by atoms with Crippen molar-refractivity contribution in [1.82, 2.24) is 24.6 Å². The molecule has 1 N–H and O–H groups in total. The summed E-state index contributed by atoms with van der Waals surface area (Å²) in [4.78, 5) is 22.4. The van der Waals surface area contributed by atoms with E-state index in [4.69, 9.17) is 4.98 Å². The molecule has 0 aliphatic carbocycles. The number of nitrogens with one attached hydrogen (secondary N) is 1. The van der Waals surface area contributed by atoms with Crippen LogP contribution in [0, 0.1) is 13.8 Å². The average molecular weight is 390 g/mol. The molecule has 29 heavy (non-hydrogen) atoms. The lowest BCUT2D eigenvalue weighted by molar-refractivity contribution is 0.203. The second-order valence-corrected chi connectivity index (χ2v) is 7.82. The fourth-order valence-electron chi connectivity index (χ4n) is 4.04. The Morgan fingerprint density at radius 2 is 2.03 bits per heavy atom. The molecule has 0 unspecified atom stereocenters. The predicted molar refractivity (Wildman–Crippen MR) is 116 cm³/mol. The first-order valence-electron chi connectivity index (χ1n) is 10.1. The normalized spacial score (nSPS) is 15.5. The van der Waals surface area contributed by atoms with Crippen LogP contribution in [0.4, 0.5) is 0 Å². The highest BCUT2D eigenvalue weighted by molar-refractivity contribution is 5.55. The molecule has 1 aliphatic rings. The quantitative estimate of drug-likeness (QED) is 0.722. The van der Waals surface area contributed by atoms with Gasteiger partial charge in [0, 0.05) is 41.5 Å². The largest absolute Gasteiger partial charge is 0.307 e. The molecule has 0 atom stereocenters. The van der Waals surface area contributed by atoms with Crippen LogP contribution in [-0.4, -0.2) is 37.7 Å². The van der Waals surface area contributed by atoms with Crippen molar-refractivity contribution in [3.05, 3.63) is 76.0 Å². The third-order valence-electron chi connectivity index (χ3n) is 5.77. The number of aromatic nitrogens is 4. The highest BCUT2D eigenvalue weighted by Crippen LogP contribution is 2.28. The monoisotopic (exact) mass is 389 g/mol. The van der Waals surface area contributed by atoms with Crippen molar-refractivity contribution in [3.63, 3.8) is 0 Å². The van der Waals surface area contributed by atoms with Gasteiger partial charge in [0.1, 0.15) is 5.82 Å². The first kappa shape index (κ1) is 19.3. The Balaban J connectivity index is 1.46. The zero-order chi connectivity index (χ0) is 20.4. The van der Waals surface area contributed by atoms with Crippen LogP contribution in [0.2, 0.25) is 0 Å². The molecule has 6 nitrogen and oxygen atoms in total. The van der Waals surface area contributed by atoms with Gasteiger partial charge in [-0.1, -0.05) is 30.3 Å². The van der Waals surface area contributed by atoms with Crippen molar-refractivity contribution in [2.45, 2.75) is 39.2 Å². The Morgan fingerprint density at radius 1 is 1.24 bits per heavy atom. The summed E-state index contributed by atoms with van der Waals surface area (Å²) < 4.78 is 1.81. The highest BCUT2D eigenvalue weighted by atomic mass is 16.1. The summed E-state index contributed by atoms with van der Waals surface area (Å²) >= 11 is 0. The van der Waals surface area contributed by atoms with Crippen molar-refractivity contribution < 1.29 is 0 Å².